The number of rotatable bonds is 8. The fourth-order valence-corrected chi connectivity index (χ4v) is 2.16. The quantitative estimate of drug-likeness (QED) is 0.369. The van der Waals surface area contributed by atoms with E-state index in [1.54, 1.807) is 6.20 Å². The fraction of sp³-hybridized carbons (Fsp3) is 0.211. The molecule has 0 aromatic heterocycles. The van der Waals surface area contributed by atoms with Crippen molar-refractivity contribution in [3.05, 3.63) is 66.0 Å². The molecular weight excluding hydrogens is 330 g/mol. The normalized spacial score (nSPS) is 11.0. The van der Waals surface area contributed by atoms with Crippen molar-refractivity contribution in [2.24, 2.45) is 5.84 Å². The van der Waals surface area contributed by atoms with E-state index in [0.717, 1.165) is 22.6 Å². The number of hydrazine groups is 1. The summed E-state index contributed by atoms with van der Waals surface area (Å²) in [5.74, 6) is 5.44. The molecule has 6 N–H and O–H groups in total. The molecule has 7 heteroatoms. The molecule has 2 aromatic rings. The van der Waals surface area contributed by atoms with Crippen LogP contribution in [0.1, 0.15) is 12.5 Å². The lowest BCUT2D eigenvalue weighted by Gasteiger charge is -2.11. The molecule has 2 aromatic carbocycles. The summed E-state index contributed by atoms with van der Waals surface area (Å²) in [4.78, 5) is 12.1. The minimum atomic E-state index is -0.286. The predicted octanol–water partition coefficient (Wildman–Crippen LogP) is 3.39. The van der Waals surface area contributed by atoms with Gasteiger partial charge in [-0.05, 0) is 49.7 Å². The topological polar surface area (TPSA) is 100 Å². The molecule has 0 spiro atoms. The number of benzene rings is 2. The van der Waals surface area contributed by atoms with Crippen molar-refractivity contribution in [1.29, 1.82) is 0 Å². The maximum atomic E-state index is 12.1. The van der Waals surface area contributed by atoms with Gasteiger partial charge in [-0.25, -0.2) is 4.79 Å². The van der Waals surface area contributed by atoms with Crippen LogP contribution in [0.15, 0.2) is 60.4 Å². The number of nitrogens with two attached hydrogens (primary N) is 1. The summed E-state index contributed by atoms with van der Waals surface area (Å²) >= 11 is 0. The molecule has 0 radical (unpaired) electrons. The Bertz CT molecular complexity index is 744. The molecule has 26 heavy (non-hydrogen) atoms. The summed E-state index contributed by atoms with van der Waals surface area (Å²) in [5.41, 5.74) is 6.65. The molecule has 0 heterocycles. The van der Waals surface area contributed by atoms with Gasteiger partial charge in [0.1, 0.15) is 0 Å². The SMILES string of the molecule is CCOC/C(=C/Nc1ccc(NC(=O)Nc2ccccc2C)cc1)NN. The van der Waals surface area contributed by atoms with Gasteiger partial charge < -0.3 is 26.1 Å². The monoisotopic (exact) mass is 355 g/mol. The van der Waals surface area contributed by atoms with E-state index in [4.69, 9.17) is 10.6 Å². The second kappa shape index (κ2) is 10.1. The van der Waals surface area contributed by atoms with E-state index in [0.29, 0.717) is 18.9 Å². The number of ether oxygens (including phenoxy) is 1. The Kier molecular flexibility index (Phi) is 7.48. The first-order valence-electron chi connectivity index (χ1n) is 8.36. The summed E-state index contributed by atoms with van der Waals surface area (Å²) in [6, 6.07) is 14.7. The molecule has 0 saturated heterocycles. The summed E-state index contributed by atoms with van der Waals surface area (Å²) in [6.07, 6.45) is 1.74. The van der Waals surface area contributed by atoms with Gasteiger partial charge in [-0.15, -0.1) is 0 Å². The summed E-state index contributed by atoms with van der Waals surface area (Å²) < 4.78 is 5.29. The zero-order valence-electron chi connectivity index (χ0n) is 15.0. The second-order valence-electron chi connectivity index (χ2n) is 5.57. The summed E-state index contributed by atoms with van der Waals surface area (Å²) in [5, 5.41) is 8.75. The molecule has 0 unspecified atom stereocenters. The standard InChI is InChI=1S/C19H25N5O2/c1-3-26-13-17(24-20)12-21-15-8-10-16(11-9-15)22-19(25)23-18-7-5-4-6-14(18)2/h4-12,21,24H,3,13,20H2,1-2H3,(H2,22,23,25)/b17-12-. The average Bonchev–Trinajstić information content (AvgIpc) is 2.65. The first-order valence-corrected chi connectivity index (χ1v) is 8.36. The number of anilines is 3. The average molecular weight is 355 g/mol. The third kappa shape index (κ3) is 6.12. The van der Waals surface area contributed by atoms with Crippen molar-refractivity contribution in [1.82, 2.24) is 5.43 Å². The lowest BCUT2D eigenvalue weighted by molar-refractivity contribution is 0.166. The van der Waals surface area contributed by atoms with Crippen molar-refractivity contribution in [3.63, 3.8) is 0 Å². The number of nitrogens with one attached hydrogen (secondary N) is 4. The molecule has 0 saturated carbocycles. The van der Waals surface area contributed by atoms with Crippen LogP contribution in [0.4, 0.5) is 21.9 Å². The number of carbonyl (C=O) groups excluding carboxylic acids is 1. The van der Waals surface area contributed by atoms with Gasteiger partial charge in [0.2, 0.25) is 0 Å². The Balaban J connectivity index is 1.89. The molecule has 0 aliphatic heterocycles. The molecule has 2 amide bonds. The van der Waals surface area contributed by atoms with Gasteiger partial charge in [-0.1, -0.05) is 18.2 Å². The maximum Gasteiger partial charge on any atom is 0.323 e. The third-order valence-corrected chi connectivity index (χ3v) is 3.60. The van der Waals surface area contributed by atoms with Crippen LogP contribution in [-0.2, 0) is 4.74 Å². The zero-order valence-corrected chi connectivity index (χ0v) is 15.0. The number of hydrogen-bond acceptors (Lipinski definition) is 5. The predicted molar refractivity (Wildman–Crippen MR) is 106 cm³/mol. The minimum absolute atomic E-state index is 0.286. The smallest absolute Gasteiger partial charge is 0.323 e. The van der Waals surface area contributed by atoms with E-state index in [1.165, 1.54) is 0 Å². The van der Waals surface area contributed by atoms with Gasteiger partial charge in [-0.2, -0.15) is 0 Å². The minimum Gasteiger partial charge on any atom is -0.375 e. The highest BCUT2D eigenvalue weighted by atomic mass is 16.5. The lowest BCUT2D eigenvalue weighted by Crippen LogP contribution is -2.25. The van der Waals surface area contributed by atoms with Gasteiger partial charge in [0, 0.05) is 29.9 Å². The van der Waals surface area contributed by atoms with E-state index in [2.05, 4.69) is 21.4 Å². The van der Waals surface area contributed by atoms with Crippen LogP contribution in [0.5, 0.6) is 0 Å². The van der Waals surface area contributed by atoms with Crippen molar-refractivity contribution in [2.45, 2.75) is 13.8 Å². The van der Waals surface area contributed by atoms with Crippen LogP contribution < -0.4 is 27.2 Å². The van der Waals surface area contributed by atoms with Crippen molar-refractivity contribution in [3.8, 4) is 0 Å². The highest BCUT2D eigenvalue weighted by molar-refractivity contribution is 6.00. The van der Waals surface area contributed by atoms with Gasteiger partial charge in [0.15, 0.2) is 0 Å². The number of urea groups is 1. The van der Waals surface area contributed by atoms with Gasteiger partial charge in [-0.3, -0.25) is 5.84 Å². The van der Waals surface area contributed by atoms with Crippen molar-refractivity contribution in [2.75, 3.05) is 29.2 Å². The largest absolute Gasteiger partial charge is 0.375 e. The second-order valence-corrected chi connectivity index (χ2v) is 5.57. The molecule has 0 aliphatic carbocycles. The fourth-order valence-electron chi connectivity index (χ4n) is 2.16. The summed E-state index contributed by atoms with van der Waals surface area (Å²) in [7, 11) is 0. The van der Waals surface area contributed by atoms with Crippen LogP contribution in [0, 0.1) is 6.92 Å². The van der Waals surface area contributed by atoms with Crippen LogP contribution in [-0.4, -0.2) is 19.2 Å². The summed E-state index contributed by atoms with van der Waals surface area (Å²) in [6.45, 7) is 4.88. The van der Waals surface area contributed by atoms with E-state index < -0.39 is 0 Å². The first kappa shape index (κ1) is 19.3. The number of carbonyl (C=O) groups is 1. The van der Waals surface area contributed by atoms with Crippen LogP contribution >= 0.6 is 0 Å². The van der Waals surface area contributed by atoms with E-state index >= 15 is 0 Å². The van der Waals surface area contributed by atoms with Crippen LogP contribution in [0.3, 0.4) is 0 Å². The van der Waals surface area contributed by atoms with Crippen molar-refractivity contribution < 1.29 is 9.53 Å². The van der Waals surface area contributed by atoms with E-state index in [1.807, 2.05) is 62.4 Å². The number of amides is 2. The molecule has 0 aliphatic rings. The Morgan fingerprint density at radius 1 is 1.08 bits per heavy atom. The Morgan fingerprint density at radius 3 is 2.42 bits per heavy atom. The van der Waals surface area contributed by atoms with Crippen molar-refractivity contribution >= 4 is 23.1 Å². The van der Waals surface area contributed by atoms with E-state index in [-0.39, 0.29) is 6.03 Å². The first-order chi connectivity index (χ1) is 12.6. The molecule has 138 valence electrons. The molecule has 0 bridgehead atoms. The Morgan fingerprint density at radius 2 is 1.77 bits per heavy atom. The number of aryl methyl sites for hydroxylation is 1. The van der Waals surface area contributed by atoms with E-state index in [9.17, 15) is 4.79 Å². The lowest BCUT2D eigenvalue weighted by atomic mass is 10.2. The van der Waals surface area contributed by atoms with Crippen LogP contribution in [0.25, 0.3) is 0 Å². The molecule has 2 rings (SSSR count). The maximum absolute atomic E-state index is 12.1. The number of hydrogen-bond donors (Lipinski definition) is 5. The Hall–Kier alpha value is -3.03. The Labute approximate surface area is 153 Å². The molecular formula is C19H25N5O2. The molecule has 0 fully saturated rings. The van der Waals surface area contributed by atoms with Crippen LogP contribution in [0.2, 0.25) is 0 Å². The highest BCUT2D eigenvalue weighted by Gasteiger charge is 2.04. The number of para-hydroxylation sites is 1. The van der Waals surface area contributed by atoms with Gasteiger partial charge in [0.05, 0.1) is 12.3 Å². The van der Waals surface area contributed by atoms with Gasteiger partial charge in [0.25, 0.3) is 0 Å². The zero-order chi connectivity index (χ0) is 18.8. The van der Waals surface area contributed by atoms with Gasteiger partial charge >= 0.3 is 6.03 Å². The molecule has 0 atom stereocenters. The molecule has 7 nitrogen and oxygen atoms in total. The third-order valence-electron chi connectivity index (χ3n) is 3.60. The highest BCUT2D eigenvalue weighted by Crippen LogP contribution is 2.16.